The molecule has 3 aromatic rings. The van der Waals surface area contributed by atoms with Gasteiger partial charge in [-0.15, -0.1) is 0 Å². The van der Waals surface area contributed by atoms with Crippen LogP contribution in [0.2, 0.25) is 0 Å². The lowest BCUT2D eigenvalue weighted by atomic mass is 10.2. The average molecular weight is 482 g/mol. The molecule has 0 radical (unpaired) electrons. The van der Waals surface area contributed by atoms with Crippen LogP contribution in [0, 0.1) is 6.92 Å². The molecule has 35 heavy (non-hydrogen) atoms. The molecule has 7 nitrogen and oxygen atoms in total. The molecular formula is C28H39N3O4. The Morgan fingerprint density at radius 1 is 1.06 bits per heavy atom. The number of aliphatic hydroxyl groups excluding tert-OH is 1. The maximum atomic E-state index is 10.7. The van der Waals surface area contributed by atoms with E-state index in [1.165, 1.54) is 0 Å². The number of para-hydroxylation sites is 1. The average Bonchev–Trinajstić information content (AvgIpc) is 3.13. The summed E-state index contributed by atoms with van der Waals surface area (Å²) in [5.74, 6) is 2.05. The number of rotatable bonds is 12. The number of nitrogens with zero attached hydrogens (tertiary/aromatic N) is 3. The van der Waals surface area contributed by atoms with E-state index in [0.717, 1.165) is 35.7 Å². The van der Waals surface area contributed by atoms with Crippen molar-refractivity contribution in [2.75, 3.05) is 26.8 Å². The zero-order chi connectivity index (χ0) is 25.4. The van der Waals surface area contributed by atoms with Crippen molar-refractivity contribution in [3.8, 4) is 23.1 Å². The summed E-state index contributed by atoms with van der Waals surface area (Å²) in [6.07, 6.45) is 0.373. The van der Waals surface area contributed by atoms with Crippen molar-refractivity contribution in [2.24, 2.45) is 0 Å². The van der Waals surface area contributed by atoms with E-state index in [4.69, 9.17) is 19.3 Å². The minimum absolute atomic E-state index is 0.290. The lowest BCUT2D eigenvalue weighted by Gasteiger charge is -2.27. The fraction of sp³-hybridized carbons (Fsp3) is 0.464. The molecule has 3 rings (SSSR count). The number of aryl methyl sites for hydroxylation is 1. The highest BCUT2D eigenvalue weighted by molar-refractivity contribution is 5.44. The molecule has 190 valence electrons. The smallest absolute Gasteiger partial charge is 0.227 e. The molecule has 0 fully saturated rings. The van der Waals surface area contributed by atoms with Gasteiger partial charge in [0.15, 0.2) is 0 Å². The highest BCUT2D eigenvalue weighted by Crippen LogP contribution is 2.33. The lowest BCUT2D eigenvalue weighted by Crippen LogP contribution is -2.37. The molecular weight excluding hydrogens is 442 g/mol. The van der Waals surface area contributed by atoms with Crippen LogP contribution in [0.15, 0.2) is 54.6 Å². The van der Waals surface area contributed by atoms with Crippen LogP contribution in [0.3, 0.4) is 0 Å². The lowest BCUT2D eigenvalue weighted by molar-refractivity contribution is -0.0567. The summed E-state index contributed by atoms with van der Waals surface area (Å²) >= 11 is 0. The van der Waals surface area contributed by atoms with Crippen LogP contribution in [-0.4, -0.2) is 58.3 Å². The molecule has 7 heteroatoms. The number of ether oxygens (including phenoxy) is 3. The van der Waals surface area contributed by atoms with Gasteiger partial charge in [-0.2, -0.15) is 5.10 Å². The third-order valence-corrected chi connectivity index (χ3v) is 5.49. The van der Waals surface area contributed by atoms with E-state index in [0.29, 0.717) is 31.3 Å². The van der Waals surface area contributed by atoms with Gasteiger partial charge in [0.1, 0.15) is 11.5 Å². The maximum Gasteiger partial charge on any atom is 0.227 e. The Labute approximate surface area is 209 Å². The molecule has 0 bridgehead atoms. The van der Waals surface area contributed by atoms with Gasteiger partial charge in [-0.25, -0.2) is 4.68 Å². The first kappa shape index (κ1) is 26.7. The minimum Gasteiger partial charge on any atom is -0.497 e. The van der Waals surface area contributed by atoms with Crippen molar-refractivity contribution in [3.05, 3.63) is 65.9 Å². The molecule has 0 spiro atoms. The summed E-state index contributed by atoms with van der Waals surface area (Å²) in [6, 6.07) is 17.5. The van der Waals surface area contributed by atoms with Gasteiger partial charge < -0.3 is 19.3 Å². The number of benzene rings is 2. The van der Waals surface area contributed by atoms with E-state index in [-0.39, 0.29) is 5.60 Å². The van der Waals surface area contributed by atoms with Gasteiger partial charge in [0.25, 0.3) is 0 Å². The van der Waals surface area contributed by atoms with Crippen molar-refractivity contribution in [1.29, 1.82) is 0 Å². The Kier molecular flexibility index (Phi) is 9.32. The fourth-order valence-corrected chi connectivity index (χ4v) is 3.82. The van der Waals surface area contributed by atoms with Crippen LogP contribution in [0.1, 0.15) is 45.4 Å². The second kappa shape index (κ2) is 12.2. The zero-order valence-corrected chi connectivity index (χ0v) is 21.8. The quantitative estimate of drug-likeness (QED) is 0.375. The molecule has 0 amide bonds. The fourth-order valence-electron chi connectivity index (χ4n) is 3.82. The number of hydrogen-bond donors (Lipinski definition) is 1. The molecule has 0 aliphatic rings. The predicted molar refractivity (Wildman–Crippen MR) is 139 cm³/mol. The number of aromatic nitrogens is 2. The molecule has 1 N–H and O–H groups in total. The first-order chi connectivity index (χ1) is 16.7. The van der Waals surface area contributed by atoms with Gasteiger partial charge in [-0.1, -0.05) is 31.2 Å². The highest BCUT2D eigenvalue weighted by Gasteiger charge is 2.23. The highest BCUT2D eigenvalue weighted by atomic mass is 16.5. The second-order valence-electron chi connectivity index (χ2n) is 9.71. The van der Waals surface area contributed by atoms with Gasteiger partial charge in [0, 0.05) is 19.2 Å². The zero-order valence-electron chi connectivity index (χ0n) is 21.8. The van der Waals surface area contributed by atoms with Crippen molar-refractivity contribution in [3.63, 3.8) is 0 Å². The minimum atomic E-state index is -0.590. The Morgan fingerprint density at radius 3 is 2.43 bits per heavy atom. The third kappa shape index (κ3) is 7.82. The molecule has 1 heterocycles. The van der Waals surface area contributed by atoms with Crippen molar-refractivity contribution < 1.29 is 19.3 Å². The molecule has 0 unspecified atom stereocenters. The van der Waals surface area contributed by atoms with E-state index < -0.39 is 6.10 Å². The molecule has 0 saturated carbocycles. The summed E-state index contributed by atoms with van der Waals surface area (Å²) < 4.78 is 19.5. The van der Waals surface area contributed by atoms with E-state index in [1.807, 2.05) is 87.0 Å². The first-order valence-electron chi connectivity index (χ1n) is 12.2. The summed E-state index contributed by atoms with van der Waals surface area (Å²) in [5, 5.41) is 15.5. The van der Waals surface area contributed by atoms with Crippen molar-refractivity contribution in [1.82, 2.24) is 14.7 Å². The summed E-state index contributed by atoms with van der Waals surface area (Å²) in [5.41, 5.74) is 2.49. The number of methoxy groups -OCH3 is 1. The SMILES string of the molecule is CCCN(Cc1c(C)nn(-c2ccccc2)c1Oc1cccc(OC)c1)C[C@H](O)COC(C)(C)C. The van der Waals surface area contributed by atoms with Crippen LogP contribution in [0.5, 0.6) is 17.4 Å². The van der Waals surface area contributed by atoms with Gasteiger partial charge in [-0.3, -0.25) is 4.90 Å². The standard InChI is InChI=1S/C28H39N3O4/c1-7-16-30(18-23(32)20-34-28(3,4)5)19-26-21(2)29-31(22-12-9-8-10-13-22)27(26)35-25-15-11-14-24(17-25)33-6/h8-15,17,23,32H,7,16,18-20H2,1-6H3/t23-/m0/s1. The normalized spacial score (nSPS) is 12.7. The monoisotopic (exact) mass is 481 g/mol. The van der Waals surface area contributed by atoms with Crippen LogP contribution in [0.4, 0.5) is 0 Å². The van der Waals surface area contributed by atoms with Gasteiger partial charge >= 0.3 is 0 Å². The van der Waals surface area contributed by atoms with Gasteiger partial charge in [-0.05, 0) is 64.9 Å². The van der Waals surface area contributed by atoms with Gasteiger partial charge in [0.2, 0.25) is 5.88 Å². The van der Waals surface area contributed by atoms with E-state index in [2.05, 4.69) is 11.8 Å². The van der Waals surface area contributed by atoms with Crippen LogP contribution >= 0.6 is 0 Å². The van der Waals surface area contributed by atoms with Crippen LogP contribution in [0.25, 0.3) is 5.69 Å². The Bertz CT molecular complexity index is 1060. The summed E-state index contributed by atoms with van der Waals surface area (Å²) in [4.78, 5) is 2.23. The molecule has 0 aliphatic carbocycles. The first-order valence-corrected chi connectivity index (χ1v) is 12.2. The summed E-state index contributed by atoms with van der Waals surface area (Å²) in [7, 11) is 1.64. The predicted octanol–water partition coefficient (Wildman–Crippen LogP) is 5.37. The van der Waals surface area contributed by atoms with Crippen molar-refractivity contribution >= 4 is 0 Å². The Balaban J connectivity index is 1.92. The largest absolute Gasteiger partial charge is 0.497 e. The topological polar surface area (TPSA) is 69.0 Å². The van der Waals surface area contributed by atoms with E-state index in [9.17, 15) is 5.11 Å². The molecule has 1 atom stereocenters. The Hall–Kier alpha value is -2.87. The molecule has 0 saturated heterocycles. The second-order valence-corrected chi connectivity index (χ2v) is 9.71. The van der Waals surface area contributed by atoms with Crippen LogP contribution in [-0.2, 0) is 11.3 Å². The van der Waals surface area contributed by atoms with Crippen LogP contribution < -0.4 is 9.47 Å². The van der Waals surface area contributed by atoms with Gasteiger partial charge in [0.05, 0.1) is 42.4 Å². The molecule has 1 aromatic heterocycles. The number of hydrogen-bond acceptors (Lipinski definition) is 6. The third-order valence-electron chi connectivity index (χ3n) is 5.49. The molecule has 2 aromatic carbocycles. The van der Waals surface area contributed by atoms with E-state index in [1.54, 1.807) is 7.11 Å². The number of aliphatic hydroxyl groups is 1. The van der Waals surface area contributed by atoms with Crippen molar-refractivity contribution in [2.45, 2.75) is 59.3 Å². The Morgan fingerprint density at radius 2 is 1.77 bits per heavy atom. The maximum absolute atomic E-state index is 10.7. The summed E-state index contributed by atoms with van der Waals surface area (Å²) in [6.45, 7) is 12.3. The van der Waals surface area contributed by atoms with E-state index >= 15 is 0 Å². The molecule has 0 aliphatic heterocycles.